The number of halogens is 6. The van der Waals surface area contributed by atoms with Crippen molar-refractivity contribution in [1.29, 1.82) is 0 Å². The number of hydrogen-bond acceptors (Lipinski definition) is 6. The number of aryl methyl sites for hydroxylation is 2. The molecule has 0 saturated heterocycles. The van der Waals surface area contributed by atoms with Gasteiger partial charge in [-0.2, -0.15) is 0 Å². The molecule has 0 bridgehead atoms. The molecule has 192 valence electrons. The summed E-state index contributed by atoms with van der Waals surface area (Å²) in [5, 5.41) is 0.862. The Morgan fingerprint density at radius 1 is 0.811 bits per heavy atom. The summed E-state index contributed by atoms with van der Waals surface area (Å²) in [6.45, 7) is 2.87. The van der Waals surface area contributed by atoms with Crippen LogP contribution in [0.5, 0.6) is 0 Å². The second kappa shape index (κ2) is 10.9. The van der Waals surface area contributed by atoms with Gasteiger partial charge < -0.3 is 0 Å². The van der Waals surface area contributed by atoms with E-state index in [1.54, 1.807) is 12.1 Å². The maximum Gasteiger partial charge on any atom is 0.282 e. The highest BCUT2D eigenvalue weighted by molar-refractivity contribution is 7.14. The standard InChI is InChI=1S/C24H15Cl2F4N3O2S2/c1-10-31-17(21(27)28)19(36-10)23(34)33(24(35)20-18(22(29)30)32-11(2)37-20)16-6-4-3-5-15(16)12-7-13(25)9-14(26)8-12/h3-9,21-22H,1-2H3. The molecule has 2 aromatic carbocycles. The first kappa shape index (κ1) is 27.2. The highest BCUT2D eigenvalue weighted by atomic mass is 35.5. The second-order valence-electron chi connectivity index (χ2n) is 7.62. The Hall–Kier alpha value is -2.86. The molecule has 0 aliphatic carbocycles. The number of thiazole rings is 2. The maximum absolute atomic E-state index is 13.8. The molecule has 0 fully saturated rings. The lowest BCUT2D eigenvalue weighted by atomic mass is 10.0. The summed E-state index contributed by atoms with van der Waals surface area (Å²) in [7, 11) is 0. The van der Waals surface area contributed by atoms with Crippen LogP contribution < -0.4 is 4.90 Å². The summed E-state index contributed by atoms with van der Waals surface area (Å²) in [6.07, 6.45) is -6.21. The van der Waals surface area contributed by atoms with Gasteiger partial charge in [0.05, 0.1) is 15.7 Å². The summed E-state index contributed by atoms with van der Waals surface area (Å²) >= 11 is 13.7. The van der Waals surface area contributed by atoms with Crippen molar-refractivity contribution in [2.24, 2.45) is 0 Å². The zero-order chi connectivity index (χ0) is 27.0. The number of imide groups is 1. The van der Waals surface area contributed by atoms with E-state index >= 15 is 0 Å². The average molecular weight is 588 g/mol. The molecule has 13 heteroatoms. The Morgan fingerprint density at radius 3 is 1.73 bits per heavy atom. The smallest absolute Gasteiger partial charge is 0.267 e. The summed E-state index contributed by atoms with van der Waals surface area (Å²) in [4.78, 5) is 34.7. The Balaban J connectivity index is 1.98. The van der Waals surface area contributed by atoms with Gasteiger partial charge in [0.1, 0.15) is 21.1 Å². The topological polar surface area (TPSA) is 63.2 Å². The first-order valence-corrected chi connectivity index (χ1v) is 12.8. The summed E-state index contributed by atoms with van der Waals surface area (Å²) in [5.74, 6) is -2.28. The normalized spacial score (nSPS) is 11.4. The van der Waals surface area contributed by atoms with Crippen LogP contribution in [0.15, 0.2) is 42.5 Å². The number of aromatic nitrogens is 2. The molecule has 0 aliphatic heterocycles. The van der Waals surface area contributed by atoms with Crippen LogP contribution in [-0.4, -0.2) is 21.8 Å². The number of benzene rings is 2. The largest absolute Gasteiger partial charge is 0.282 e. The fourth-order valence-corrected chi connectivity index (χ4v) is 5.87. The van der Waals surface area contributed by atoms with Gasteiger partial charge in [0.2, 0.25) is 0 Å². The molecule has 2 aromatic heterocycles. The van der Waals surface area contributed by atoms with Crippen molar-refractivity contribution in [1.82, 2.24) is 9.97 Å². The van der Waals surface area contributed by atoms with Crippen LogP contribution >= 0.6 is 45.9 Å². The lowest BCUT2D eigenvalue weighted by molar-refractivity contribution is 0.0886. The van der Waals surface area contributed by atoms with E-state index in [1.807, 2.05) is 0 Å². The molecular formula is C24H15Cl2F4N3O2S2. The van der Waals surface area contributed by atoms with Crippen LogP contribution in [0.2, 0.25) is 10.0 Å². The minimum Gasteiger partial charge on any atom is -0.267 e. The van der Waals surface area contributed by atoms with Crippen LogP contribution in [0.3, 0.4) is 0 Å². The SMILES string of the molecule is Cc1nc(C(F)F)c(C(=O)N(C(=O)c2sc(C)nc2C(F)F)c2ccccc2-c2cc(Cl)cc(Cl)c2)s1. The Labute approximate surface area is 226 Å². The Kier molecular flexibility index (Phi) is 7.98. The van der Waals surface area contributed by atoms with Gasteiger partial charge in [-0.1, -0.05) is 41.4 Å². The minimum atomic E-state index is -3.11. The first-order valence-electron chi connectivity index (χ1n) is 10.4. The first-order chi connectivity index (χ1) is 17.5. The summed E-state index contributed by atoms with van der Waals surface area (Å²) in [6, 6.07) is 10.6. The highest BCUT2D eigenvalue weighted by Crippen LogP contribution is 2.39. The van der Waals surface area contributed by atoms with Gasteiger partial charge in [-0.25, -0.2) is 32.4 Å². The van der Waals surface area contributed by atoms with Gasteiger partial charge in [-0.15, -0.1) is 22.7 Å². The fourth-order valence-electron chi connectivity index (χ4n) is 3.62. The van der Waals surface area contributed by atoms with Crippen molar-refractivity contribution >= 4 is 63.4 Å². The van der Waals surface area contributed by atoms with Gasteiger partial charge in [0.25, 0.3) is 24.7 Å². The number of amides is 2. The number of para-hydroxylation sites is 1. The van der Waals surface area contributed by atoms with Gasteiger partial charge in [-0.3, -0.25) is 9.59 Å². The molecule has 0 N–H and O–H groups in total. The predicted octanol–water partition coefficient (Wildman–Crippen LogP) is 8.55. The number of carbonyl (C=O) groups is 2. The lowest BCUT2D eigenvalue weighted by Crippen LogP contribution is -2.37. The van der Waals surface area contributed by atoms with Crippen molar-refractivity contribution in [2.75, 3.05) is 4.90 Å². The predicted molar refractivity (Wildman–Crippen MR) is 137 cm³/mol. The van der Waals surface area contributed by atoms with Crippen molar-refractivity contribution < 1.29 is 27.2 Å². The molecule has 5 nitrogen and oxygen atoms in total. The van der Waals surface area contributed by atoms with E-state index in [9.17, 15) is 27.2 Å². The number of nitrogens with zero attached hydrogens (tertiary/aromatic N) is 3. The molecule has 0 radical (unpaired) electrons. The monoisotopic (exact) mass is 587 g/mol. The fraction of sp³-hybridized carbons (Fsp3) is 0.167. The average Bonchev–Trinajstić information content (AvgIpc) is 3.42. The third kappa shape index (κ3) is 5.54. The third-order valence-electron chi connectivity index (χ3n) is 5.05. The van der Waals surface area contributed by atoms with Crippen LogP contribution in [0, 0.1) is 13.8 Å². The number of carbonyl (C=O) groups excluding carboxylic acids is 2. The number of anilines is 1. The van der Waals surface area contributed by atoms with E-state index in [1.165, 1.54) is 44.2 Å². The molecule has 4 rings (SSSR count). The minimum absolute atomic E-state index is 0.0478. The zero-order valence-electron chi connectivity index (χ0n) is 18.9. The molecule has 0 saturated carbocycles. The van der Waals surface area contributed by atoms with Crippen molar-refractivity contribution in [3.05, 3.63) is 83.7 Å². The van der Waals surface area contributed by atoms with Gasteiger partial charge in [0, 0.05) is 15.6 Å². The molecule has 0 spiro atoms. The molecular weight excluding hydrogens is 573 g/mol. The van der Waals surface area contributed by atoms with E-state index in [4.69, 9.17) is 23.2 Å². The number of hydrogen-bond donors (Lipinski definition) is 0. The second-order valence-corrected chi connectivity index (χ2v) is 10.9. The number of alkyl halides is 4. The van der Waals surface area contributed by atoms with Crippen molar-refractivity contribution in [3.8, 4) is 11.1 Å². The molecule has 0 aliphatic rings. The molecule has 2 amide bonds. The van der Waals surface area contributed by atoms with Crippen molar-refractivity contribution in [2.45, 2.75) is 26.7 Å². The van der Waals surface area contributed by atoms with Gasteiger partial charge in [0.15, 0.2) is 0 Å². The molecule has 4 aromatic rings. The van der Waals surface area contributed by atoms with Crippen LogP contribution in [0.25, 0.3) is 11.1 Å². The highest BCUT2D eigenvalue weighted by Gasteiger charge is 2.36. The van der Waals surface area contributed by atoms with Crippen LogP contribution in [0.4, 0.5) is 23.2 Å². The van der Waals surface area contributed by atoms with E-state index in [0.29, 0.717) is 33.1 Å². The zero-order valence-corrected chi connectivity index (χ0v) is 22.1. The van der Waals surface area contributed by atoms with E-state index in [-0.39, 0.29) is 31.3 Å². The molecule has 0 unspecified atom stereocenters. The van der Waals surface area contributed by atoms with E-state index < -0.39 is 45.8 Å². The van der Waals surface area contributed by atoms with Gasteiger partial charge >= 0.3 is 0 Å². The Bertz CT molecular complexity index is 1420. The summed E-state index contributed by atoms with van der Waals surface area (Å²) in [5.41, 5.74) is -0.962. The van der Waals surface area contributed by atoms with Crippen LogP contribution in [-0.2, 0) is 0 Å². The van der Waals surface area contributed by atoms with E-state index in [0.717, 1.165) is 0 Å². The third-order valence-corrected chi connectivity index (χ3v) is 7.43. The maximum atomic E-state index is 13.8. The van der Waals surface area contributed by atoms with Gasteiger partial charge in [-0.05, 0) is 43.7 Å². The quantitative estimate of drug-likeness (QED) is 0.167. The number of rotatable bonds is 6. The van der Waals surface area contributed by atoms with Crippen molar-refractivity contribution in [3.63, 3.8) is 0 Å². The van der Waals surface area contributed by atoms with E-state index in [2.05, 4.69) is 9.97 Å². The van der Waals surface area contributed by atoms with Crippen LogP contribution in [0.1, 0.15) is 53.6 Å². The molecule has 2 heterocycles. The summed E-state index contributed by atoms with van der Waals surface area (Å²) < 4.78 is 55.0. The Morgan fingerprint density at radius 2 is 1.27 bits per heavy atom. The molecule has 37 heavy (non-hydrogen) atoms. The lowest BCUT2D eigenvalue weighted by Gasteiger charge is -2.23. The molecule has 0 atom stereocenters.